The van der Waals surface area contributed by atoms with Gasteiger partial charge in [-0.1, -0.05) is 66.7 Å². The fourth-order valence-electron chi connectivity index (χ4n) is 3.12. The Morgan fingerprint density at radius 1 is 0.759 bits per heavy atom. The molecule has 0 bridgehead atoms. The molecule has 5 heteroatoms. The second kappa shape index (κ2) is 8.89. The zero-order valence-electron chi connectivity index (χ0n) is 16.0. The molecule has 4 rings (SSSR count). The van der Waals surface area contributed by atoms with Crippen molar-refractivity contribution in [3.05, 3.63) is 108 Å². The summed E-state index contributed by atoms with van der Waals surface area (Å²) < 4.78 is 1.77. The van der Waals surface area contributed by atoms with E-state index in [0.717, 1.165) is 29.9 Å². The predicted octanol–water partition coefficient (Wildman–Crippen LogP) is 5.30. The number of carbonyl (C=O) groups excluding carboxylic acids is 1. The van der Waals surface area contributed by atoms with Crippen LogP contribution in [0.1, 0.15) is 11.3 Å². The van der Waals surface area contributed by atoms with Crippen LogP contribution < -0.4 is 10.6 Å². The largest absolute Gasteiger partial charge is 0.324 e. The Morgan fingerprint density at radius 3 is 2.07 bits per heavy atom. The maximum Gasteiger partial charge on any atom is 0.324 e. The quantitative estimate of drug-likeness (QED) is 0.475. The second-order valence-corrected chi connectivity index (χ2v) is 6.70. The van der Waals surface area contributed by atoms with Crippen molar-refractivity contribution in [1.29, 1.82) is 0 Å². The Bertz CT molecular complexity index is 1060. The van der Waals surface area contributed by atoms with Gasteiger partial charge in [-0.15, -0.1) is 0 Å². The molecule has 1 aromatic heterocycles. The van der Waals surface area contributed by atoms with Crippen molar-refractivity contribution in [1.82, 2.24) is 9.78 Å². The number of aromatic nitrogens is 2. The molecule has 0 aliphatic heterocycles. The molecule has 29 heavy (non-hydrogen) atoms. The first-order chi connectivity index (χ1) is 14.3. The van der Waals surface area contributed by atoms with Crippen LogP contribution in [0.5, 0.6) is 0 Å². The van der Waals surface area contributed by atoms with Crippen molar-refractivity contribution < 1.29 is 4.79 Å². The minimum absolute atomic E-state index is 0.303. The Balaban J connectivity index is 1.54. The fourth-order valence-corrected chi connectivity index (χ4v) is 3.12. The van der Waals surface area contributed by atoms with E-state index in [2.05, 4.69) is 22.8 Å². The van der Waals surface area contributed by atoms with Crippen molar-refractivity contribution >= 4 is 17.5 Å². The molecule has 5 nitrogen and oxygen atoms in total. The standard InChI is InChI=1S/C24H22N4O/c29-24(25-20-12-6-2-7-13-20)26-23-18-21(17-16-19-10-4-1-5-11-19)27-28(23)22-14-8-3-9-15-22/h1-15,18H,16-17H2,(H2,25,26,29). The van der Waals surface area contributed by atoms with Gasteiger partial charge in [0.25, 0.3) is 0 Å². The molecular formula is C24H22N4O. The molecule has 4 aromatic rings. The van der Waals surface area contributed by atoms with Gasteiger partial charge in [-0.3, -0.25) is 5.32 Å². The number of nitrogens with zero attached hydrogens (tertiary/aromatic N) is 2. The van der Waals surface area contributed by atoms with Gasteiger partial charge >= 0.3 is 6.03 Å². The second-order valence-electron chi connectivity index (χ2n) is 6.70. The average Bonchev–Trinajstić information content (AvgIpc) is 3.17. The third-order valence-corrected chi connectivity index (χ3v) is 4.55. The molecule has 3 aromatic carbocycles. The van der Waals surface area contributed by atoms with Crippen molar-refractivity contribution in [2.45, 2.75) is 12.8 Å². The van der Waals surface area contributed by atoms with Gasteiger partial charge in [-0.25, -0.2) is 9.48 Å². The van der Waals surface area contributed by atoms with E-state index in [1.165, 1.54) is 5.56 Å². The van der Waals surface area contributed by atoms with E-state index in [4.69, 9.17) is 5.10 Å². The lowest BCUT2D eigenvalue weighted by Crippen LogP contribution is -2.21. The predicted molar refractivity (Wildman–Crippen MR) is 116 cm³/mol. The van der Waals surface area contributed by atoms with E-state index in [-0.39, 0.29) is 6.03 Å². The number of rotatable bonds is 6. The Labute approximate surface area is 170 Å². The van der Waals surface area contributed by atoms with E-state index < -0.39 is 0 Å². The maximum absolute atomic E-state index is 12.5. The molecule has 0 unspecified atom stereocenters. The van der Waals surface area contributed by atoms with Crippen LogP contribution in [0.4, 0.5) is 16.3 Å². The summed E-state index contributed by atoms with van der Waals surface area (Å²) in [6, 6.07) is 31.1. The van der Waals surface area contributed by atoms with E-state index in [0.29, 0.717) is 5.82 Å². The maximum atomic E-state index is 12.5. The van der Waals surface area contributed by atoms with Crippen molar-refractivity contribution in [3.63, 3.8) is 0 Å². The van der Waals surface area contributed by atoms with Gasteiger partial charge in [0.2, 0.25) is 0 Å². The third kappa shape index (κ3) is 4.90. The molecule has 1 heterocycles. The molecular weight excluding hydrogens is 360 g/mol. The summed E-state index contributed by atoms with van der Waals surface area (Å²) in [4.78, 5) is 12.5. The Morgan fingerprint density at radius 2 is 1.38 bits per heavy atom. The highest BCUT2D eigenvalue weighted by Gasteiger charge is 2.13. The summed E-state index contributed by atoms with van der Waals surface area (Å²) in [5.74, 6) is 0.632. The number of hydrogen-bond donors (Lipinski definition) is 2. The molecule has 2 amide bonds. The van der Waals surface area contributed by atoms with Gasteiger partial charge in [0.15, 0.2) is 0 Å². The Hall–Kier alpha value is -3.86. The van der Waals surface area contributed by atoms with Crippen LogP contribution in [-0.4, -0.2) is 15.8 Å². The molecule has 0 aliphatic rings. The first kappa shape index (κ1) is 18.5. The topological polar surface area (TPSA) is 59.0 Å². The molecule has 0 aliphatic carbocycles. The number of benzene rings is 3. The van der Waals surface area contributed by atoms with Crippen molar-refractivity contribution in [2.75, 3.05) is 10.6 Å². The first-order valence-electron chi connectivity index (χ1n) is 9.59. The molecule has 0 saturated carbocycles. The molecule has 0 radical (unpaired) electrons. The van der Waals surface area contributed by atoms with Gasteiger partial charge < -0.3 is 5.32 Å². The van der Waals surface area contributed by atoms with Crippen molar-refractivity contribution in [3.8, 4) is 5.69 Å². The van der Waals surface area contributed by atoms with E-state index in [1.54, 1.807) is 4.68 Å². The van der Waals surface area contributed by atoms with E-state index in [9.17, 15) is 4.79 Å². The van der Waals surface area contributed by atoms with E-state index in [1.807, 2.05) is 84.9 Å². The van der Waals surface area contributed by atoms with Crippen LogP contribution in [0.15, 0.2) is 97.1 Å². The van der Waals surface area contributed by atoms with Crippen LogP contribution >= 0.6 is 0 Å². The highest BCUT2D eigenvalue weighted by molar-refractivity contribution is 5.99. The number of hydrogen-bond acceptors (Lipinski definition) is 2. The van der Waals surface area contributed by atoms with Crippen molar-refractivity contribution in [2.24, 2.45) is 0 Å². The average molecular weight is 382 g/mol. The summed E-state index contributed by atoms with van der Waals surface area (Å²) in [6.45, 7) is 0. The zero-order chi connectivity index (χ0) is 19.9. The van der Waals surface area contributed by atoms with Crippen LogP contribution in [0.2, 0.25) is 0 Å². The minimum atomic E-state index is -0.303. The summed E-state index contributed by atoms with van der Waals surface area (Å²) in [5.41, 5.74) is 3.82. The lowest BCUT2D eigenvalue weighted by molar-refractivity contribution is 0.262. The molecule has 0 atom stereocenters. The van der Waals surface area contributed by atoms with Crippen LogP contribution in [0.3, 0.4) is 0 Å². The molecule has 144 valence electrons. The summed E-state index contributed by atoms with van der Waals surface area (Å²) >= 11 is 0. The monoisotopic (exact) mass is 382 g/mol. The van der Waals surface area contributed by atoms with Gasteiger partial charge in [0, 0.05) is 11.8 Å². The zero-order valence-corrected chi connectivity index (χ0v) is 16.0. The smallest absolute Gasteiger partial charge is 0.308 e. The molecule has 0 fully saturated rings. The highest BCUT2D eigenvalue weighted by atomic mass is 16.2. The number of anilines is 2. The van der Waals surface area contributed by atoms with Crippen LogP contribution in [0, 0.1) is 0 Å². The molecule has 0 saturated heterocycles. The first-order valence-corrected chi connectivity index (χ1v) is 9.59. The SMILES string of the molecule is O=C(Nc1ccccc1)Nc1cc(CCc2ccccc2)nn1-c1ccccc1. The minimum Gasteiger partial charge on any atom is -0.308 e. The number of amides is 2. The third-order valence-electron chi connectivity index (χ3n) is 4.55. The molecule has 0 spiro atoms. The number of para-hydroxylation sites is 2. The van der Waals surface area contributed by atoms with Gasteiger partial charge in [0.05, 0.1) is 11.4 Å². The number of carbonyl (C=O) groups is 1. The lowest BCUT2D eigenvalue weighted by atomic mass is 10.1. The summed E-state index contributed by atoms with van der Waals surface area (Å²) in [7, 11) is 0. The van der Waals surface area contributed by atoms with Gasteiger partial charge in [-0.2, -0.15) is 5.10 Å². The normalized spacial score (nSPS) is 10.5. The summed E-state index contributed by atoms with van der Waals surface area (Å²) in [5, 5.41) is 10.5. The molecule has 2 N–H and O–H groups in total. The van der Waals surface area contributed by atoms with E-state index >= 15 is 0 Å². The van der Waals surface area contributed by atoms with Gasteiger partial charge in [0.1, 0.15) is 5.82 Å². The number of aryl methyl sites for hydroxylation is 2. The fraction of sp³-hybridized carbons (Fsp3) is 0.0833. The van der Waals surface area contributed by atoms with Gasteiger partial charge in [-0.05, 0) is 42.7 Å². The lowest BCUT2D eigenvalue weighted by Gasteiger charge is -2.10. The van der Waals surface area contributed by atoms with Crippen LogP contribution in [-0.2, 0) is 12.8 Å². The number of nitrogens with one attached hydrogen (secondary N) is 2. The number of urea groups is 1. The summed E-state index contributed by atoms with van der Waals surface area (Å²) in [6.07, 6.45) is 1.68. The Kier molecular flexibility index (Phi) is 5.67. The van der Waals surface area contributed by atoms with Crippen LogP contribution in [0.25, 0.3) is 5.69 Å². The highest BCUT2D eigenvalue weighted by Crippen LogP contribution is 2.19.